The molecule has 3 aromatic rings. The summed E-state index contributed by atoms with van der Waals surface area (Å²) in [6.45, 7) is -0.253. The summed E-state index contributed by atoms with van der Waals surface area (Å²) < 4.78 is 41.1. The highest BCUT2D eigenvalue weighted by Crippen LogP contribution is 2.24. The number of carboxylic acid groups (broad SMARTS) is 1. The molecule has 0 saturated carbocycles. The van der Waals surface area contributed by atoms with E-state index in [9.17, 15) is 37.5 Å². The predicted octanol–water partition coefficient (Wildman–Crippen LogP) is 2.76. The Kier molecular flexibility index (Phi) is 7.70. The van der Waals surface area contributed by atoms with Crippen LogP contribution in [-0.2, 0) is 9.59 Å². The molecule has 0 spiro atoms. The van der Waals surface area contributed by atoms with Gasteiger partial charge in [-0.15, -0.1) is 0 Å². The van der Waals surface area contributed by atoms with Gasteiger partial charge in [0.15, 0.2) is 6.17 Å². The Hall–Kier alpha value is -4.74. The molecule has 1 saturated heterocycles. The highest BCUT2D eigenvalue weighted by atomic mass is 19.1. The first-order chi connectivity index (χ1) is 18.1. The van der Waals surface area contributed by atoms with Crippen LogP contribution >= 0.6 is 0 Å². The van der Waals surface area contributed by atoms with Crippen molar-refractivity contribution < 1.29 is 37.5 Å². The Balaban J connectivity index is 1.69. The van der Waals surface area contributed by atoms with E-state index in [4.69, 9.17) is 0 Å². The van der Waals surface area contributed by atoms with Crippen molar-refractivity contribution in [2.24, 2.45) is 0 Å². The Morgan fingerprint density at radius 3 is 2.05 bits per heavy atom. The van der Waals surface area contributed by atoms with Crippen LogP contribution in [0.2, 0.25) is 0 Å². The minimum absolute atomic E-state index is 0.102. The topological polar surface area (TPSA) is 120 Å². The lowest BCUT2D eigenvalue weighted by atomic mass is 10.0. The molecule has 0 aliphatic carbocycles. The number of carbonyl (C=O) groups excluding carboxylic acids is 3. The van der Waals surface area contributed by atoms with E-state index in [1.54, 1.807) is 0 Å². The van der Waals surface area contributed by atoms with Crippen LogP contribution in [0.1, 0.15) is 38.7 Å². The largest absolute Gasteiger partial charge is 0.481 e. The average molecular weight is 526 g/mol. The number of carboxylic acids is 1. The van der Waals surface area contributed by atoms with Gasteiger partial charge in [-0.3, -0.25) is 24.2 Å². The molecule has 2 atom stereocenters. The van der Waals surface area contributed by atoms with Gasteiger partial charge in [-0.25, -0.2) is 13.2 Å². The van der Waals surface area contributed by atoms with Gasteiger partial charge in [0.2, 0.25) is 0 Å². The van der Waals surface area contributed by atoms with Crippen LogP contribution in [-0.4, -0.2) is 62.8 Å². The highest BCUT2D eigenvalue weighted by Gasteiger charge is 2.44. The fourth-order valence-electron chi connectivity index (χ4n) is 4.20. The number of aliphatic carboxylic acids is 1. The van der Waals surface area contributed by atoms with E-state index < -0.39 is 59.8 Å². The minimum Gasteiger partial charge on any atom is -0.481 e. The first-order valence-electron chi connectivity index (χ1n) is 11.4. The van der Waals surface area contributed by atoms with Crippen LogP contribution < -0.4 is 5.32 Å². The second kappa shape index (κ2) is 11.1. The van der Waals surface area contributed by atoms with Gasteiger partial charge in [0.25, 0.3) is 17.7 Å². The molecule has 196 valence electrons. The number of benzene rings is 2. The summed E-state index contributed by atoms with van der Waals surface area (Å²) in [7, 11) is 0. The lowest BCUT2D eigenvalue weighted by molar-refractivity contribution is -0.138. The van der Waals surface area contributed by atoms with E-state index in [0.29, 0.717) is 6.07 Å². The van der Waals surface area contributed by atoms with Crippen LogP contribution in [0.4, 0.5) is 13.2 Å². The maximum absolute atomic E-state index is 13.8. The van der Waals surface area contributed by atoms with Gasteiger partial charge in [0, 0.05) is 37.1 Å². The number of amides is 3. The quantitative estimate of drug-likeness (QED) is 0.489. The molecular weight excluding hydrogens is 505 g/mol. The maximum Gasteiger partial charge on any atom is 0.305 e. The van der Waals surface area contributed by atoms with Crippen molar-refractivity contribution >= 4 is 23.7 Å². The number of hydrogen-bond acceptors (Lipinski definition) is 5. The molecule has 9 nitrogen and oxygen atoms in total. The summed E-state index contributed by atoms with van der Waals surface area (Å²) in [5, 5.41) is 11.9. The lowest BCUT2D eigenvalue weighted by Gasteiger charge is -2.31. The molecule has 4 rings (SSSR count). The number of hydrogen-bond donors (Lipinski definition) is 2. The molecule has 2 unspecified atom stereocenters. The molecule has 0 bridgehead atoms. The molecule has 1 aromatic heterocycles. The summed E-state index contributed by atoms with van der Waals surface area (Å²) in [5.41, 5.74) is 0.0176. The van der Waals surface area contributed by atoms with Gasteiger partial charge in [-0.05, 0) is 42.0 Å². The predicted molar refractivity (Wildman–Crippen MR) is 126 cm³/mol. The van der Waals surface area contributed by atoms with Crippen LogP contribution in [0, 0.1) is 17.5 Å². The zero-order chi connectivity index (χ0) is 27.4. The van der Waals surface area contributed by atoms with Crippen molar-refractivity contribution in [1.82, 2.24) is 20.1 Å². The highest BCUT2D eigenvalue weighted by molar-refractivity contribution is 6.02. The van der Waals surface area contributed by atoms with Crippen molar-refractivity contribution in [3.05, 3.63) is 101 Å². The molecule has 3 amide bonds. The number of carbonyl (C=O) groups is 4. The van der Waals surface area contributed by atoms with E-state index in [0.717, 1.165) is 34.1 Å². The van der Waals surface area contributed by atoms with E-state index in [1.165, 1.54) is 36.7 Å². The second-order valence-electron chi connectivity index (χ2n) is 8.48. The first kappa shape index (κ1) is 26.3. The van der Waals surface area contributed by atoms with E-state index >= 15 is 0 Å². The van der Waals surface area contributed by atoms with Gasteiger partial charge < -0.3 is 20.2 Å². The van der Waals surface area contributed by atoms with Gasteiger partial charge in [0.05, 0.1) is 18.0 Å². The molecule has 1 aliphatic heterocycles. The molecule has 38 heavy (non-hydrogen) atoms. The third kappa shape index (κ3) is 5.80. The van der Waals surface area contributed by atoms with Crippen LogP contribution in [0.25, 0.3) is 0 Å². The third-order valence-corrected chi connectivity index (χ3v) is 5.91. The summed E-state index contributed by atoms with van der Waals surface area (Å²) in [6, 6.07) is 8.81. The van der Waals surface area contributed by atoms with E-state index in [-0.39, 0.29) is 29.8 Å². The van der Waals surface area contributed by atoms with Gasteiger partial charge in [-0.2, -0.15) is 0 Å². The third-order valence-electron chi connectivity index (χ3n) is 5.91. The molecule has 12 heteroatoms. The van der Waals surface area contributed by atoms with Crippen molar-refractivity contribution in [2.45, 2.75) is 18.6 Å². The lowest BCUT2D eigenvalue weighted by Crippen LogP contribution is -2.54. The standard InChI is InChI=1S/C26H21F3N4O5/c27-18-5-3-15(4-6-18)21(13-22(34)35)31-23(36)24-32(25(37)16-2-1-7-30-14-16)8-9-33(24)26(38)17-10-19(28)12-20(29)11-17/h1-7,10-12,14,21,24H,8-9,13H2,(H,31,36)(H,34,35). The van der Waals surface area contributed by atoms with Crippen molar-refractivity contribution in [3.8, 4) is 0 Å². The maximum atomic E-state index is 13.8. The number of aromatic nitrogens is 1. The van der Waals surface area contributed by atoms with Crippen LogP contribution in [0.3, 0.4) is 0 Å². The number of pyridine rings is 1. The molecule has 2 N–H and O–H groups in total. The van der Waals surface area contributed by atoms with Gasteiger partial charge in [-0.1, -0.05) is 12.1 Å². The summed E-state index contributed by atoms with van der Waals surface area (Å²) in [4.78, 5) is 57.5. The molecule has 2 heterocycles. The Bertz CT molecular complexity index is 1350. The Morgan fingerprint density at radius 2 is 1.50 bits per heavy atom. The Morgan fingerprint density at radius 1 is 0.895 bits per heavy atom. The monoisotopic (exact) mass is 526 g/mol. The molecular formula is C26H21F3N4O5. The van der Waals surface area contributed by atoms with E-state index in [1.807, 2.05) is 0 Å². The number of rotatable bonds is 7. The molecule has 0 radical (unpaired) electrons. The summed E-state index contributed by atoms with van der Waals surface area (Å²) in [6.07, 6.45) is 0.552. The Labute approximate surface area is 214 Å². The zero-order valence-electron chi connectivity index (χ0n) is 19.7. The fraction of sp³-hybridized carbons (Fsp3) is 0.192. The molecule has 2 aromatic carbocycles. The summed E-state index contributed by atoms with van der Waals surface area (Å²) >= 11 is 0. The van der Waals surface area contributed by atoms with Gasteiger partial charge >= 0.3 is 5.97 Å². The molecule has 1 aliphatic rings. The second-order valence-corrected chi connectivity index (χ2v) is 8.48. The minimum atomic E-state index is -1.58. The van der Waals surface area contributed by atoms with Crippen molar-refractivity contribution in [3.63, 3.8) is 0 Å². The van der Waals surface area contributed by atoms with E-state index in [2.05, 4.69) is 10.3 Å². The number of halogens is 3. The van der Waals surface area contributed by atoms with Gasteiger partial charge in [0.1, 0.15) is 17.5 Å². The zero-order valence-corrected chi connectivity index (χ0v) is 19.7. The van der Waals surface area contributed by atoms with Crippen molar-refractivity contribution in [1.29, 1.82) is 0 Å². The SMILES string of the molecule is O=C(O)CC(NC(=O)C1N(C(=O)c2cccnc2)CCN1C(=O)c1cc(F)cc(F)c1)c1ccc(F)cc1. The van der Waals surface area contributed by atoms with Crippen LogP contribution in [0.5, 0.6) is 0 Å². The van der Waals surface area contributed by atoms with Crippen molar-refractivity contribution in [2.75, 3.05) is 13.1 Å². The number of nitrogens with one attached hydrogen (secondary N) is 1. The fourth-order valence-corrected chi connectivity index (χ4v) is 4.20. The van der Waals surface area contributed by atoms with Crippen LogP contribution in [0.15, 0.2) is 67.0 Å². The average Bonchev–Trinajstić information content (AvgIpc) is 3.33. The smallest absolute Gasteiger partial charge is 0.305 e. The normalized spacial score (nSPS) is 15.7. The first-order valence-corrected chi connectivity index (χ1v) is 11.4. The molecule has 1 fully saturated rings. The summed E-state index contributed by atoms with van der Waals surface area (Å²) in [5.74, 6) is -6.32. The number of nitrogens with zero attached hydrogens (tertiary/aromatic N) is 3.